The summed E-state index contributed by atoms with van der Waals surface area (Å²) in [4.78, 5) is 11.6. The van der Waals surface area contributed by atoms with Gasteiger partial charge >= 0.3 is 0 Å². The number of amides is 1. The van der Waals surface area contributed by atoms with E-state index in [9.17, 15) is 4.79 Å². The highest BCUT2D eigenvalue weighted by Crippen LogP contribution is 2.26. The molecule has 0 saturated heterocycles. The van der Waals surface area contributed by atoms with E-state index in [1.54, 1.807) is 13.1 Å². The Labute approximate surface area is 117 Å². The van der Waals surface area contributed by atoms with Gasteiger partial charge in [0.15, 0.2) is 5.69 Å². The van der Waals surface area contributed by atoms with Crippen LogP contribution in [-0.2, 0) is 17.9 Å². The standard InChI is InChI=1S/C15H17N3O2/c1-10-3-5-11(6-4-10)14-8-18-12(9-20-14)7-13(17-18)15(19)16-2/h3-7,14H,8-9H2,1-2H3,(H,16,19). The Hall–Kier alpha value is -2.14. The van der Waals surface area contributed by atoms with Crippen molar-refractivity contribution in [2.45, 2.75) is 26.2 Å². The average Bonchev–Trinajstić information content (AvgIpc) is 2.90. The number of ether oxygens (including phenoxy) is 1. The van der Waals surface area contributed by atoms with Gasteiger partial charge in [-0.15, -0.1) is 0 Å². The van der Waals surface area contributed by atoms with Gasteiger partial charge in [0.05, 0.1) is 18.8 Å². The number of aryl methyl sites for hydroxylation is 1. The number of nitrogens with one attached hydrogen (secondary N) is 1. The summed E-state index contributed by atoms with van der Waals surface area (Å²) in [5.74, 6) is -0.168. The summed E-state index contributed by atoms with van der Waals surface area (Å²) in [6, 6.07) is 10.1. The van der Waals surface area contributed by atoms with E-state index in [1.165, 1.54) is 5.56 Å². The smallest absolute Gasteiger partial charge is 0.271 e. The molecule has 0 saturated carbocycles. The summed E-state index contributed by atoms with van der Waals surface area (Å²) in [5, 5.41) is 6.92. The Kier molecular flexibility index (Phi) is 3.28. The van der Waals surface area contributed by atoms with Gasteiger partial charge in [0.2, 0.25) is 0 Å². The molecule has 1 amide bonds. The Morgan fingerprint density at radius 3 is 2.85 bits per heavy atom. The molecular weight excluding hydrogens is 254 g/mol. The van der Waals surface area contributed by atoms with Crippen LogP contribution in [0.2, 0.25) is 0 Å². The zero-order valence-electron chi connectivity index (χ0n) is 11.6. The minimum Gasteiger partial charge on any atom is -0.365 e. The van der Waals surface area contributed by atoms with E-state index >= 15 is 0 Å². The van der Waals surface area contributed by atoms with Gasteiger partial charge in [-0.1, -0.05) is 29.8 Å². The Bertz CT molecular complexity index is 631. The molecular formula is C15H17N3O2. The van der Waals surface area contributed by atoms with Crippen molar-refractivity contribution in [3.63, 3.8) is 0 Å². The van der Waals surface area contributed by atoms with Gasteiger partial charge in [-0.3, -0.25) is 9.48 Å². The molecule has 1 N–H and O–H groups in total. The molecule has 0 radical (unpaired) electrons. The number of carbonyl (C=O) groups is 1. The lowest BCUT2D eigenvalue weighted by molar-refractivity contribution is -0.00120. The van der Waals surface area contributed by atoms with Crippen molar-refractivity contribution in [2.24, 2.45) is 0 Å². The zero-order chi connectivity index (χ0) is 14.1. The Balaban J connectivity index is 1.83. The largest absolute Gasteiger partial charge is 0.365 e. The third-order valence-corrected chi connectivity index (χ3v) is 3.54. The maximum atomic E-state index is 11.6. The summed E-state index contributed by atoms with van der Waals surface area (Å²) in [6.45, 7) is 3.17. The minimum absolute atomic E-state index is 0.0134. The molecule has 5 nitrogen and oxygen atoms in total. The summed E-state index contributed by atoms with van der Waals surface area (Å²) < 4.78 is 7.72. The van der Waals surface area contributed by atoms with E-state index in [1.807, 2.05) is 4.68 Å². The van der Waals surface area contributed by atoms with Crippen molar-refractivity contribution in [2.75, 3.05) is 7.05 Å². The van der Waals surface area contributed by atoms with E-state index in [0.717, 1.165) is 11.3 Å². The number of hydrogen-bond acceptors (Lipinski definition) is 3. The molecule has 20 heavy (non-hydrogen) atoms. The van der Waals surface area contributed by atoms with Gasteiger partial charge in [-0.25, -0.2) is 0 Å². The van der Waals surface area contributed by atoms with Crippen LogP contribution >= 0.6 is 0 Å². The molecule has 3 rings (SSSR count). The fraction of sp³-hybridized carbons (Fsp3) is 0.333. The lowest BCUT2D eigenvalue weighted by Gasteiger charge is -2.24. The first-order chi connectivity index (χ1) is 9.67. The summed E-state index contributed by atoms with van der Waals surface area (Å²) in [6.07, 6.45) is -0.0134. The molecule has 1 atom stereocenters. The monoisotopic (exact) mass is 271 g/mol. The molecule has 1 aliphatic heterocycles. The lowest BCUT2D eigenvalue weighted by Crippen LogP contribution is -2.22. The summed E-state index contributed by atoms with van der Waals surface area (Å²) in [5.41, 5.74) is 3.74. The van der Waals surface area contributed by atoms with Crippen molar-refractivity contribution >= 4 is 5.91 Å². The first-order valence-corrected chi connectivity index (χ1v) is 6.64. The molecule has 0 spiro atoms. The van der Waals surface area contributed by atoms with Gasteiger partial charge in [-0.05, 0) is 18.6 Å². The highest BCUT2D eigenvalue weighted by Gasteiger charge is 2.23. The molecule has 2 heterocycles. The van der Waals surface area contributed by atoms with Gasteiger partial charge in [0.1, 0.15) is 6.10 Å². The van der Waals surface area contributed by atoms with Crippen molar-refractivity contribution in [3.8, 4) is 0 Å². The zero-order valence-corrected chi connectivity index (χ0v) is 11.6. The van der Waals surface area contributed by atoms with E-state index in [2.05, 4.69) is 41.6 Å². The normalized spacial score (nSPS) is 17.6. The minimum atomic E-state index is -0.168. The van der Waals surface area contributed by atoms with Crippen molar-refractivity contribution in [3.05, 3.63) is 52.8 Å². The molecule has 0 bridgehead atoms. The molecule has 1 aliphatic rings. The Morgan fingerprint density at radius 2 is 2.15 bits per heavy atom. The number of carbonyl (C=O) groups excluding carboxylic acids is 1. The van der Waals surface area contributed by atoms with Crippen LogP contribution in [0.5, 0.6) is 0 Å². The van der Waals surface area contributed by atoms with Crippen molar-refractivity contribution in [1.29, 1.82) is 0 Å². The number of fused-ring (bicyclic) bond motifs is 1. The van der Waals surface area contributed by atoms with Crippen LogP contribution in [0.1, 0.15) is 33.4 Å². The number of benzene rings is 1. The molecule has 1 aromatic carbocycles. The van der Waals surface area contributed by atoms with E-state index < -0.39 is 0 Å². The van der Waals surface area contributed by atoms with Crippen LogP contribution in [0, 0.1) is 6.92 Å². The molecule has 0 aliphatic carbocycles. The molecule has 0 fully saturated rings. The highest BCUT2D eigenvalue weighted by atomic mass is 16.5. The number of aromatic nitrogens is 2. The van der Waals surface area contributed by atoms with E-state index in [4.69, 9.17) is 4.74 Å². The number of rotatable bonds is 2. The van der Waals surface area contributed by atoms with Crippen LogP contribution < -0.4 is 5.32 Å². The Morgan fingerprint density at radius 1 is 1.40 bits per heavy atom. The molecule has 104 valence electrons. The van der Waals surface area contributed by atoms with Crippen LogP contribution in [0.15, 0.2) is 30.3 Å². The predicted octanol–water partition coefficient (Wildman–Crippen LogP) is 1.82. The van der Waals surface area contributed by atoms with Gasteiger partial charge in [-0.2, -0.15) is 5.10 Å². The number of nitrogens with zero attached hydrogens (tertiary/aromatic N) is 2. The fourth-order valence-electron chi connectivity index (χ4n) is 2.35. The second kappa shape index (κ2) is 5.09. The molecule has 5 heteroatoms. The van der Waals surface area contributed by atoms with Crippen LogP contribution in [-0.4, -0.2) is 22.7 Å². The second-order valence-electron chi connectivity index (χ2n) is 4.99. The summed E-state index contributed by atoms with van der Waals surface area (Å²) >= 11 is 0. The van der Waals surface area contributed by atoms with E-state index in [-0.39, 0.29) is 12.0 Å². The van der Waals surface area contributed by atoms with Crippen LogP contribution in [0.25, 0.3) is 0 Å². The van der Waals surface area contributed by atoms with Crippen molar-refractivity contribution in [1.82, 2.24) is 15.1 Å². The maximum absolute atomic E-state index is 11.6. The first-order valence-electron chi connectivity index (χ1n) is 6.64. The molecule has 1 aromatic heterocycles. The highest BCUT2D eigenvalue weighted by molar-refractivity contribution is 5.92. The summed E-state index contributed by atoms with van der Waals surface area (Å²) in [7, 11) is 1.60. The lowest BCUT2D eigenvalue weighted by atomic mass is 10.1. The van der Waals surface area contributed by atoms with E-state index in [0.29, 0.717) is 18.8 Å². The van der Waals surface area contributed by atoms with Gasteiger partial charge < -0.3 is 10.1 Å². The number of hydrogen-bond donors (Lipinski definition) is 1. The van der Waals surface area contributed by atoms with Crippen molar-refractivity contribution < 1.29 is 9.53 Å². The average molecular weight is 271 g/mol. The maximum Gasteiger partial charge on any atom is 0.271 e. The third-order valence-electron chi connectivity index (χ3n) is 3.54. The van der Waals surface area contributed by atoms with Gasteiger partial charge in [0.25, 0.3) is 5.91 Å². The molecule has 2 aromatic rings. The third kappa shape index (κ3) is 2.32. The molecule has 1 unspecified atom stereocenters. The second-order valence-corrected chi connectivity index (χ2v) is 4.99. The SMILES string of the molecule is CNC(=O)c1cc2n(n1)CC(c1ccc(C)cc1)OC2. The predicted molar refractivity (Wildman–Crippen MR) is 74.3 cm³/mol. The first kappa shape index (κ1) is 12.9. The van der Waals surface area contributed by atoms with Crippen LogP contribution in [0.3, 0.4) is 0 Å². The topological polar surface area (TPSA) is 56.2 Å². The quantitative estimate of drug-likeness (QED) is 0.906. The van der Waals surface area contributed by atoms with Gasteiger partial charge in [0, 0.05) is 7.05 Å². The fourth-order valence-corrected chi connectivity index (χ4v) is 2.35. The van der Waals surface area contributed by atoms with Crippen LogP contribution in [0.4, 0.5) is 0 Å².